The first-order valence-corrected chi connectivity index (χ1v) is 10.7. The number of fused-ring (bicyclic) bond motifs is 1. The fourth-order valence-electron chi connectivity index (χ4n) is 5.55. The lowest BCUT2D eigenvalue weighted by molar-refractivity contribution is -0.136. The average Bonchev–Trinajstić information content (AvgIpc) is 3.25. The lowest BCUT2D eigenvalue weighted by Gasteiger charge is -2.41. The molecule has 5 heteroatoms. The fraction of sp³-hybridized carbons (Fsp3) is 0.565. The molecule has 28 heavy (non-hydrogen) atoms. The molecule has 2 heterocycles. The predicted molar refractivity (Wildman–Crippen MR) is 111 cm³/mol. The summed E-state index contributed by atoms with van der Waals surface area (Å²) < 4.78 is 0. The Kier molecular flexibility index (Phi) is 5.17. The number of likely N-dealkylation sites (N-methyl/N-ethyl adjacent to an activating group) is 1. The van der Waals surface area contributed by atoms with Crippen LogP contribution in [0.15, 0.2) is 30.5 Å². The van der Waals surface area contributed by atoms with E-state index in [-0.39, 0.29) is 23.4 Å². The molecule has 2 aromatic rings. The SMILES string of the molecule is CCN(C(C)=O)C1CN(C(=O)Cc2c[nH]c3ccccc23)C2(CCCCC2)C1. The van der Waals surface area contributed by atoms with Crippen LogP contribution in [0.2, 0.25) is 0 Å². The number of nitrogens with one attached hydrogen (secondary N) is 1. The summed E-state index contributed by atoms with van der Waals surface area (Å²) in [5, 5.41) is 1.13. The number of aromatic amines is 1. The topological polar surface area (TPSA) is 56.4 Å². The van der Waals surface area contributed by atoms with Gasteiger partial charge in [-0.1, -0.05) is 37.5 Å². The van der Waals surface area contributed by atoms with Gasteiger partial charge in [0.25, 0.3) is 0 Å². The molecule has 1 unspecified atom stereocenters. The van der Waals surface area contributed by atoms with Crippen molar-refractivity contribution in [3.63, 3.8) is 0 Å². The minimum absolute atomic E-state index is 0.0605. The van der Waals surface area contributed by atoms with Gasteiger partial charge in [0.05, 0.1) is 12.5 Å². The van der Waals surface area contributed by atoms with Crippen molar-refractivity contribution in [2.75, 3.05) is 13.1 Å². The summed E-state index contributed by atoms with van der Waals surface area (Å²) in [7, 11) is 0. The van der Waals surface area contributed by atoms with Crippen molar-refractivity contribution in [2.45, 2.75) is 70.4 Å². The van der Waals surface area contributed by atoms with Gasteiger partial charge >= 0.3 is 0 Å². The molecule has 2 fully saturated rings. The number of para-hydroxylation sites is 1. The minimum atomic E-state index is -0.0605. The first-order valence-electron chi connectivity index (χ1n) is 10.7. The molecular formula is C23H31N3O2. The number of likely N-dealkylation sites (tertiary alicyclic amines) is 1. The summed E-state index contributed by atoms with van der Waals surface area (Å²) in [6, 6.07) is 8.29. The van der Waals surface area contributed by atoms with Gasteiger partial charge in [-0.05, 0) is 37.8 Å². The molecule has 1 aliphatic carbocycles. The van der Waals surface area contributed by atoms with Crippen LogP contribution in [0.5, 0.6) is 0 Å². The van der Waals surface area contributed by atoms with E-state index in [1.54, 1.807) is 6.92 Å². The maximum atomic E-state index is 13.5. The molecule has 0 radical (unpaired) electrons. The molecule has 5 nitrogen and oxygen atoms in total. The zero-order valence-electron chi connectivity index (χ0n) is 17.0. The predicted octanol–water partition coefficient (Wildman–Crippen LogP) is 3.88. The molecule has 1 spiro atoms. The Morgan fingerprint density at radius 2 is 1.96 bits per heavy atom. The van der Waals surface area contributed by atoms with Crippen LogP contribution in [0.3, 0.4) is 0 Å². The van der Waals surface area contributed by atoms with Gasteiger partial charge in [-0.25, -0.2) is 0 Å². The van der Waals surface area contributed by atoms with Gasteiger partial charge in [-0.15, -0.1) is 0 Å². The van der Waals surface area contributed by atoms with Crippen molar-refractivity contribution in [2.24, 2.45) is 0 Å². The summed E-state index contributed by atoms with van der Waals surface area (Å²) in [5.41, 5.74) is 2.08. The molecule has 1 N–H and O–H groups in total. The van der Waals surface area contributed by atoms with Crippen LogP contribution in [-0.2, 0) is 16.0 Å². The zero-order valence-corrected chi connectivity index (χ0v) is 17.0. The van der Waals surface area contributed by atoms with E-state index >= 15 is 0 Å². The van der Waals surface area contributed by atoms with Gasteiger partial charge in [0.2, 0.25) is 11.8 Å². The van der Waals surface area contributed by atoms with Gasteiger partial charge in [-0.3, -0.25) is 9.59 Å². The number of hydrogen-bond acceptors (Lipinski definition) is 2. The van der Waals surface area contributed by atoms with E-state index in [4.69, 9.17) is 0 Å². The molecule has 0 bridgehead atoms. The smallest absolute Gasteiger partial charge is 0.227 e. The van der Waals surface area contributed by atoms with Crippen molar-refractivity contribution >= 4 is 22.7 Å². The molecule has 1 aromatic carbocycles. The Labute approximate surface area is 167 Å². The van der Waals surface area contributed by atoms with E-state index in [2.05, 4.69) is 16.0 Å². The van der Waals surface area contributed by atoms with E-state index < -0.39 is 0 Å². The molecule has 1 saturated heterocycles. The highest BCUT2D eigenvalue weighted by Crippen LogP contribution is 2.43. The lowest BCUT2D eigenvalue weighted by Crippen LogP contribution is -2.49. The zero-order chi connectivity index (χ0) is 19.7. The van der Waals surface area contributed by atoms with Gasteiger partial charge in [0, 0.05) is 42.7 Å². The lowest BCUT2D eigenvalue weighted by atomic mass is 9.79. The second-order valence-corrected chi connectivity index (χ2v) is 8.49. The highest BCUT2D eigenvalue weighted by Gasteiger charge is 2.49. The second-order valence-electron chi connectivity index (χ2n) is 8.49. The standard InChI is InChI=1S/C23H31N3O2/c1-3-25(17(2)27)19-14-23(11-7-4-8-12-23)26(16-19)22(28)13-18-15-24-21-10-6-5-9-20(18)21/h5-6,9-10,15,19,24H,3-4,7-8,11-14,16H2,1-2H3. The number of rotatable bonds is 4. The number of aromatic nitrogens is 1. The van der Waals surface area contributed by atoms with E-state index in [0.717, 1.165) is 35.7 Å². The van der Waals surface area contributed by atoms with Gasteiger partial charge < -0.3 is 14.8 Å². The molecule has 2 amide bonds. The van der Waals surface area contributed by atoms with Crippen molar-refractivity contribution in [3.05, 3.63) is 36.0 Å². The minimum Gasteiger partial charge on any atom is -0.361 e. The monoisotopic (exact) mass is 381 g/mol. The van der Waals surface area contributed by atoms with Gasteiger partial charge in [0.15, 0.2) is 0 Å². The van der Waals surface area contributed by atoms with E-state index in [1.165, 1.54) is 19.3 Å². The molecule has 2 aliphatic rings. The molecule has 1 saturated carbocycles. The highest BCUT2D eigenvalue weighted by molar-refractivity contribution is 5.89. The first kappa shape index (κ1) is 19.0. The molecule has 1 atom stereocenters. The van der Waals surface area contributed by atoms with E-state index in [1.807, 2.05) is 36.2 Å². The summed E-state index contributed by atoms with van der Waals surface area (Å²) in [4.78, 5) is 33.0. The number of carbonyl (C=O) groups excluding carboxylic acids is 2. The number of H-pyrrole nitrogens is 1. The quantitative estimate of drug-likeness (QED) is 0.874. The van der Waals surface area contributed by atoms with Crippen molar-refractivity contribution in [1.82, 2.24) is 14.8 Å². The van der Waals surface area contributed by atoms with Crippen LogP contribution in [0.1, 0.15) is 57.9 Å². The Balaban J connectivity index is 1.59. The van der Waals surface area contributed by atoms with E-state index in [9.17, 15) is 9.59 Å². The normalized spacial score (nSPS) is 21.4. The third-order valence-electron chi connectivity index (χ3n) is 6.87. The molecular weight excluding hydrogens is 350 g/mol. The van der Waals surface area contributed by atoms with E-state index in [0.29, 0.717) is 19.5 Å². The molecule has 1 aromatic heterocycles. The van der Waals surface area contributed by atoms with Crippen LogP contribution in [0.25, 0.3) is 10.9 Å². The molecule has 4 rings (SSSR count). The van der Waals surface area contributed by atoms with Gasteiger partial charge in [0.1, 0.15) is 0 Å². The van der Waals surface area contributed by atoms with Crippen LogP contribution >= 0.6 is 0 Å². The number of nitrogens with zero attached hydrogens (tertiary/aromatic N) is 2. The number of benzene rings is 1. The Morgan fingerprint density at radius 1 is 1.21 bits per heavy atom. The Bertz CT molecular complexity index is 866. The maximum Gasteiger partial charge on any atom is 0.227 e. The molecule has 1 aliphatic heterocycles. The number of carbonyl (C=O) groups is 2. The van der Waals surface area contributed by atoms with Crippen molar-refractivity contribution in [1.29, 1.82) is 0 Å². The summed E-state index contributed by atoms with van der Waals surface area (Å²) >= 11 is 0. The Hall–Kier alpha value is -2.30. The second kappa shape index (κ2) is 7.61. The highest BCUT2D eigenvalue weighted by atomic mass is 16.2. The summed E-state index contributed by atoms with van der Waals surface area (Å²) in [6.07, 6.45) is 9.06. The summed E-state index contributed by atoms with van der Waals surface area (Å²) in [5.74, 6) is 0.318. The fourth-order valence-corrected chi connectivity index (χ4v) is 5.55. The molecule has 150 valence electrons. The van der Waals surface area contributed by atoms with Crippen LogP contribution in [-0.4, -0.2) is 51.3 Å². The van der Waals surface area contributed by atoms with Crippen molar-refractivity contribution in [3.8, 4) is 0 Å². The third kappa shape index (κ3) is 3.31. The largest absolute Gasteiger partial charge is 0.361 e. The van der Waals surface area contributed by atoms with Crippen LogP contribution in [0, 0.1) is 0 Å². The Morgan fingerprint density at radius 3 is 2.68 bits per heavy atom. The van der Waals surface area contributed by atoms with Crippen LogP contribution < -0.4 is 0 Å². The van der Waals surface area contributed by atoms with Gasteiger partial charge in [-0.2, -0.15) is 0 Å². The third-order valence-corrected chi connectivity index (χ3v) is 6.87. The van der Waals surface area contributed by atoms with Crippen LogP contribution in [0.4, 0.5) is 0 Å². The summed E-state index contributed by atoms with van der Waals surface area (Å²) in [6.45, 7) is 5.06. The first-order chi connectivity index (χ1) is 13.5. The number of amides is 2. The number of hydrogen-bond donors (Lipinski definition) is 1. The van der Waals surface area contributed by atoms with Crippen molar-refractivity contribution < 1.29 is 9.59 Å². The maximum absolute atomic E-state index is 13.5. The average molecular weight is 382 g/mol.